The molecule has 0 saturated heterocycles. The van der Waals surface area contributed by atoms with Crippen LogP contribution in [0.25, 0.3) is 21.9 Å². The van der Waals surface area contributed by atoms with Gasteiger partial charge in [0.15, 0.2) is 0 Å². The molecule has 7 nitrogen and oxygen atoms in total. The molecular formula is C28H33N3O4S. The van der Waals surface area contributed by atoms with Crippen LogP contribution in [0.2, 0.25) is 0 Å². The third-order valence-corrected chi connectivity index (χ3v) is 8.28. The van der Waals surface area contributed by atoms with Gasteiger partial charge in [-0.15, -0.1) is 0 Å². The van der Waals surface area contributed by atoms with Gasteiger partial charge < -0.3 is 0 Å². The Labute approximate surface area is 211 Å². The smallest absolute Gasteiger partial charge is 0.274 e. The van der Waals surface area contributed by atoms with Crippen molar-refractivity contribution in [1.82, 2.24) is 13.5 Å². The molecule has 4 rings (SSSR count). The Morgan fingerprint density at radius 3 is 2.17 bits per heavy atom. The van der Waals surface area contributed by atoms with Crippen LogP contribution in [0, 0.1) is 0 Å². The number of fused-ring (bicyclic) bond motifs is 2. The summed E-state index contributed by atoms with van der Waals surface area (Å²) in [6.45, 7) is 2.20. The molecule has 0 fully saturated rings. The van der Waals surface area contributed by atoms with Gasteiger partial charge >= 0.3 is 5.69 Å². The minimum absolute atomic E-state index is 0.0722. The second kappa shape index (κ2) is 11.6. The fourth-order valence-electron chi connectivity index (χ4n) is 4.68. The van der Waals surface area contributed by atoms with Gasteiger partial charge in [0.05, 0.1) is 16.6 Å². The number of rotatable bonds is 12. The van der Waals surface area contributed by atoms with E-state index in [1.165, 1.54) is 44.4 Å². The summed E-state index contributed by atoms with van der Waals surface area (Å²) in [5, 5.41) is 0.650. The van der Waals surface area contributed by atoms with Crippen molar-refractivity contribution in [3.63, 3.8) is 0 Å². The van der Waals surface area contributed by atoms with Crippen LogP contribution < -0.4 is 5.69 Å². The largest absolute Gasteiger partial charge is 0.350 e. The van der Waals surface area contributed by atoms with Gasteiger partial charge in [-0.3, -0.25) is 9.78 Å². The zero-order valence-electron chi connectivity index (χ0n) is 20.7. The van der Waals surface area contributed by atoms with Crippen molar-refractivity contribution in [3.8, 4) is 0 Å². The second-order valence-electron chi connectivity index (χ2n) is 9.18. The van der Waals surface area contributed by atoms with E-state index >= 15 is 0 Å². The average molecular weight is 508 g/mol. The van der Waals surface area contributed by atoms with E-state index in [0.717, 1.165) is 27.8 Å². The number of carbonyl (C=O) groups is 1. The molecule has 0 aliphatic rings. The Kier molecular flexibility index (Phi) is 8.36. The van der Waals surface area contributed by atoms with Crippen LogP contribution >= 0.6 is 0 Å². The lowest BCUT2D eigenvalue weighted by Gasteiger charge is -2.08. The van der Waals surface area contributed by atoms with E-state index in [4.69, 9.17) is 0 Å². The zero-order chi connectivity index (χ0) is 25.5. The number of para-hydroxylation sites is 3. The molecule has 0 unspecified atom stereocenters. The first-order valence-electron chi connectivity index (χ1n) is 12.8. The van der Waals surface area contributed by atoms with Gasteiger partial charge in [-0.05, 0) is 30.7 Å². The Morgan fingerprint density at radius 1 is 0.806 bits per heavy atom. The summed E-state index contributed by atoms with van der Waals surface area (Å²) < 4.78 is 29.2. The van der Waals surface area contributed by atoms with Crippen molar-refractivity contribution in [1.29, 1.82) is 0 Å². The summed E-state index contributed by atoms with van der Waals surface area (Å²) in [6.07, 6.45) is 11.7. The topological polar surface area (TPSA) is 91.0 Å². The molecular weight excluding hydrogens is 474 g/mol. The SMILES string of the molecule is CCCCCCCCCCCC(=O)n1c(=O)n(S(=O)(=O)c2cccc3cccnc23)c2ccccc21. The predicted octanol–water partition coefficient (Wildman–Crippen LogP) is 6.15. The van der Waals surface area contributed by atoms with Gasteiger partial charge in [0, 0.05) is 18.0 Å². The molecule has 4 aromatic rings. The molecule has 0 saturated carbocycles. The monoisotopic (exact) mass is 507 g/mol. The minimum Gasteiger partial charge on any atom is -0.274 e. The Morgan fingerprint density at radius 2 is 1.44 bits per heavy atom. The molecule has 2 heterocycles. The number of imidazole rings is 1. The zero-order valence-corrected chi connectivity index (χ0v) is 21.5. The lowest BCUT2D eigenvalue weighted by Crippen LogP contribution is -2.32. The van der Waals surface area contributed by atoms with E-state index in [-0.39, 0.29) is 28.3 Å². The van der Waals surface area contributed by atoms with E-state index < -0.39 is 15.7 Å². The fourth-order valence-corrected chi connectivity index (χ4v) is 6.24. The van der Waals surface area contributed by atoms with Crippen LogP contribution in [0.15, 0.2) is 70.5 Å². The minimum atomic E-state index is -4.31. The quantitative estimate of drug-likeness (QED) is 0.215. The number of nitrogens with zero attached hydrogens (tertiary/aromatic N) is 3. The molecule has 8 heteroatoms. The molecule has 190 valence electrons. The molecule has 0 atom stereocenters. The number of hydrogen-bond acceptors (Lipinski definition) is 5. The van der Waals surface area contributed by atoms with Gasteiger partial charge in [0.2, 0.25) is 5.91 Å². The number of benzene rings is 2. The van der Waals surface area contributed by atoms with Crippen LogP contribution in [0.4, 0.5) is 0 Å². The summed E-state index contributed by atoms with van der Waals surface area (Å²) in [5.41, 5.74) is -0.120. The molecule has 0 spiro atoms. The van der Waals surface area contributed by atoms with Gasteiger partial charge in [-0.25, -0.2) is 17.8 Å². The highest BCUT2D eigenvalue weighted by Crippen LogP contribution is 2.25. The highest BCUT2D eigenvalue weighted by molar-refractivity contribution is 7.90. The van der Waals surface area contributed by atoms with Crippen LogP contribution in [-0.4, -0.2) is 27.8 Å². The van der Waals surface area contributed by atoms with Crippen molar-refractivity contribution < 1.29 is 13.2 Å². The third kappa shape index (κ3) is 5.28. The van der Waals surface area contributed by atoms with Crippen LogP contribution in [0.3, 0.4) is 0 Å². The first-order chi connectivity index (χ1) is 17.5. The third-order valence-electron chi connectivity index (χ3n) is 6.56. The van der Waals surface area contributed by atoms with Gasteiger partial charge in [-0.2, -0.15) is 3.97 Å². The highest BCUT2D eigenvalue weighted by Gasteiger charge is 2.29. The van der Waals surface area contributed by atoms with E-state index in [2.05, 4.69) is 11.9 Å². The molecule has 0 N–H and O–H groups in total. The molecule has 36 heavy (non-hydrogen) atoms. The fraction of sp³-hybridized carbons (Fsp3) is 0.393. The van der Waals surface area contributed by atoms with Crippen molar-refractivity contribution in [2.75, 3.05) is 0 Å². The standard InChI is InChI=1S/C28H33N3O4S/c1-2-3-4-5-6-7-8-9-10-20-26(32)30-23-17-11-12-18-24(23)31(28(30)33)36(34,35)25-19-13-15-22-16-14-21-29-27(22)25/h11-19,21H,2-10,20H2,1H3. The number of aromatic nitrogens is 3. The van der Waals surface area contributed by atoms with Crippen molar-refractivity contribution in [3.05, 3.63) is 71.3 Å². The van der Waals surface area contributed by atoms with Crippen molar-refractivity contribution in [2.24, 2.45) is 0 Å². The predicted molar refractivity (Wildman–Crippen MR) is 143 cm³/mol. The molecule has 0 amide bonds. The van der Waals surface area contributed by atoms with Gasteiger partial charge in [0.25, 0.3) is 10.0 Å². The summed E-state index contributed by atoms with van der Waals surface area (Å²) in [7, 11) is -4.31. The van der Waals surface area contributed by atoms with Crippen LogP contribution in [0.5, 0.6) is 0 Å². The number of carbonyl (C=O) groups excluding carboxylic acids is 1. The summed E-state index contributed by atoms with van der Waals surface area (Å²) in [6, 6.07) is 14.8. The Bertz CT molecular complexity index is 1510. The lowest BCUT2D eigenvalue weighted by molar-refractivity contribution is 0.0900. The maximum absolute atomic E-state index is 13.7. The summed E-state index contributed by atoms with van der Waals surface area (Å²) in [4.78, 5) is 30.7. The first kappa shape index (κ1) is 25.8. The molecule has 0 radical (unpaired) electrons. The second-order valence-corrected chi connectivity index (χ2v) is 10.9. The molecule has 0 bridgehead atoms. The van der Waals surface area contributed by atoms with Gasteiger partial charge in [-0.1, -0.05) is 88.6 Å². The van der Waals surface area contributed by atoms with Crippen LogP contribution in [0.1, 0.15) is 75.9 Å². The summed E-state index contributed by atoms with van der Waals surface area (Å²) in [5.74, 6) is -0.385. The number of pyridine rings is 1. The van der Waals surface area contributed by atoms with E-state index in [1.54, 1.807) is 48.5 Å². The highest BCUT2D eigenvalue weighted by atomic mass is 32.2. The molecule has 2 aromatic carbocycles. The average Bonchev–Trinajstić information content (AvgIpc) is 3.19. The number of unbranched alkanes of at least 4 members (excludes halogenated alkanes) is 8. The normalized spacial score (nSPS) is 11.9. The molecule has 0 aliphatic heterocycles. The van der Waals surface area contributed by atoms with E-state index in [1.807, 2.05) is 0 Å². The van der Waals surface area contributed by atoms with Crippen LogP contribution in [-0.2, 0) is 10.0 Å². The number of hydrogen-bond donors (Lipinski definition) is 0. The van der Waals surface area contributed by atoms with E-state index in [9.17, 15) is 18.0 Å². The summed E-state index contributed by atoms with van der Waals surface area (Å²) >= 11 is 0. The maximum atomic E-state index is 13.7. The lowest BCUT2D eigenvalue weighted by atomic mass is 10.1. The van der Waals surface area contributed by atoms with Gasteiger partial charge in [0.1, 0.15) is 4.90 Å². The molecule has 0 aliphatic carbocycles. The van der Waals surface area contributed by atoms with E-state index in [0.29, 0.717) is 17.3 Å². The molecule has 2 aromatic heterocycles. The Balaban J connectivity index is 1.58. The maximum Gasteiger partial charge on any atom is 0.350 e. The first-order valence-corrected chi connectivity index (χ1v) is 14.3. The Hall–Kier alpha value is -3.26. The van der Waals surface area contributed by atoms with Crippen molar-refractivity contribution in [2.45, 2.75) is 76.0 Å². The van der Waals surface area contributed by atoms with Crippen molar-refractivity contribution >= 4 is 37.9 Å².